The summed E-state index contributed by atoms with van der Waals surface area (Å²) in [6.07, 6.45) is 0.986. The van der Waals surface area contributed by atoms with Crippen molar-refractivity contribution < 1.29 is 19.1 Å². The minimum atomic E-state index is -0.659. The van der Waals surface area contributed by atoms with Gasteiger partial charge in [-0.3, -0.25) is 9.59 Å². The monoisotopic (exact) mass is 419 g/mol. The fourth-order valence-corrected chi connectivity index (χ4v) is 4.03. The Hall–Kier alpha value is -3.61. The Morgan fingerprint density at radius 3 is 2.55 bits per heavy atom. The summed E-state index contributed by atoms with van der Waals surface area (Å²) in [7, 11) is 3.06. The number of nitrogens with zero attached hydrogens (tertiary/aromatic N) is 2. The van der Waals surface area contributed by atoms with Crippen molar-refractivity contribution in [2.45, 2.75) is 32.6 Å². The molecule has 160 valence electrons. The van der Waals surface area contributed by atoms with E-state index in [9.17, 15) is 9.59 Å². The highest BCUT2D eigenvalue weighted by Gasteiger charge is 2.37. The van der Waals surface area contributed by atoms with Gasteiger partial charge in [-0.2, -0.15) is 5.10 Å². The first kappa shape index (κ1) is 20.7. The summed E-state index contributed by atoms with van der Waals surface area (Å²) in [6.45, 7) is 3.95. The molecule has 2 heterocycles. The van der Waals surface area contributed by atoms with Crippen LogP contribution in [0.25, 0.3) is 5.69 Å². The number of ketones is 1. The lowest BCUT2D eigenvalue weighted by molar-refractivity contribution is -0.116. The zero-order valence-corrected chi connectivity index (χ0v) is 18.1. The predicted molar refractivity (Wildman–Crippen MR) is 118 cm³/mol. The van der Waals surface area contributed by atoms with E-state index in [0.29, 0.717) is 28.6 Å². The molecule has 0 saturated heterocycles. The predicted octanol–water partition coefficient (Wildman–Crippen LogP) is 4.07. The Morgan fingerprint density at radius 2 is 1.90 bits per heavy atom. The molecule has 31 heavy (non-hydrogen) atoms. The van der Waals surface area contributed by atoms with Crippen molar-refractivity contribution in [2.75, 3.05) is 19.5 Å². The molecule has 1 amide bonds. The first-order valence-corrected chi connectivity index (χ1v) is 10.2. The summed E-state index contributed by atoms with van der Waals surface area (Å²) in [6, 6.07) is 13.1. The van der Waals surface area contributed by atoms with Gasteiger partial charge < -0.3 is 14.8 Å². The number of Topliss-reactive ketones (excluding diaryl/α,β-unsaturated/α-hetero) is 1. The first-order chi connectivity index (χ1) is 15.0. The number of fused-ring (bicyclic) bond motifs is 1. The number of amides is 1. The Balaban J connectivity index is 1.80. The molecule has 4 rings (SSSR count). The van der Waals surface area contributed by atoms with Gasteiger partial charge in [0.2, 0.25) is 5.91 Å². The van der Waals surface area contributed by atoms with Crippen LogP contribution in [-0.4, -0.2) is 35.7 Å². The number of ether oxygens (including phenoxy) is 2. The summed E-state index contributed by atoms with van der Waals surface area (Å²) in [5, 5.41) is 7.57. The van der Waals surface area contributed by atoms with Crippen LogP contribution in [-0.2, 0) is 11.2 Å². The van der Waals surface area contributed by atoms with Gasteiger partial charge in [-0.05, 0) is 49.2 Å². The van der Waals surface area contributed by atoms with Gasteiger partial charge in [-0.15, -0.1) is 0 Å². The third-order valence-electron chi connectivity index (χ3n) is 5.68. The highest BCUT2D eigenvalue weighted by atomic mass is 16.5. The van der Waals surface area contributed by atoms with Crippen LogP contribution in [0.1, 0.15) is 46.4 Å². The van der Waals surface area contributed by atoms with Crippen molar-refractivity contribution in [1.82, 2.24) is 9.78 Å². The molecule has 1 N–H and O–H groups in total. The zero-order valence-electron chi connectivity index (χ0n) is 18.1. The fraction of sp³-hybridized carbons (Fsp3) is 0.292. The average molecular weight is 419 g/mol. The molecule has 0 radical (unpaired) electrons. The second-order valence-corrected chi connectivity index (χ2v) is 7.51. The van der Waals surface area contributed by atoms with Crippen LogP contribution in [0.3, 0.4) is 0 Å². The van der Waals surface area contributed by atoms with E-state index in [-0.39, 0.29) is 18.1 Å². The number of carbonyl (C=O) groups is 2. The summed E-state index contributed by atoms with van der Waals surface area (Å²) in [5.74, 6) is 0.452. The minimum Gasteiger partial charge on any atom is -0.497 e. The van der Waals surface area contributed by atoms with Crippen LogP contribution >= 0.6 is 0 Å². The zero-order chi connectivity index (χ0) is 22.1. The van der Waals surface area contributed by atoms with Gasteiger partial charge in [-0.25, -0.2) is 4.68 Å². The molecule has 7 heteroatoms. The number of rotatable bonds is 6. The maximum absolute atomic E-state index is 13.6. The van der Waals surface area contributed by atoms with Crippen LogP contribution in [0, 0.1) is 6.92 Å². The summed E-state index contributed by atoms with van der Waals surface area (Å²) < 4.78 is 12.4. The number of nitrogens with one attached hydrogen (secondary N) is 1. The van der Waals surface area contributed by atoms with E-state index in [1.165, 1.54) is 12.7 Å². The molecule has 0 fully saturated rings. The normalized spacial score (nSPS) is 15.2. The van der Waals surface area contributed by atoms with Crippen molar-refractivity contribution in [2.24, 2.45) is 0 Å². The Labute approximate surface area is 181 Å². The molecule has 2 aromatic carbocycles. The maximum atomic E-state index is 13.6. The summed E-state index contributed by atoms with van der Waals surface area (Å²) in [5.41, 5.74) is 3.85. The average Bonchev–Trinajstić information content (AvgIpc) is 3.13. The van der Waals surface area contributed by atoms with E-state index in [1.807, 2.05) is 31.2 Å². The van der Waals surface area contributed by atoms with Gasteiger partial charge in [0.15, 0.2) is 5.78 Å². The van der Waals surface area contributed by atoms with E-state index in [2.05, 4.69) is 17.3 Å². The molecular formula is C24H25N3O4. The quantitative estimate of drug-likeness (QED) is 0.609. The lowest BCUT2D eigenvalue weighted by atomic mass is 9.85. The number of methoxy groups -OCH3 is 2. The van der Waals surface area contributed by atoms with Gasteiger partial charge in [-0.1, -0.05) is 19.1 Å². The number of hydrogen-bond acceptors (Lipinski definition) is 5. The van der Waals surface area contributed by atoms with Crippen molar-refractivity contribution in [1.29, 1.82) is 0 Å². The number of anilines is 1. The third kappa shape index (κ3) is 3.67. The smallest absolute Gasteiger partial charge is 0.226 e. The molecule has 0 spiro atoms. The van der Waals surface area contributed by atoms with Gasteiger partial charge in [0, 0.05) is 12.0 Å². The molecular weight excluding hydrogens is 394 g/mol. The van der Waals surface area contributed by atoms with E-state index >= 15 is 0 Å². The van der Waals surface area contributed by atoms with Gasteiger partial charge in [0.1, 0.15) is 17.3 Å². The van der Waals surface area contributed by atoms with Gasteiger partial charge >= 0.3 is 0 Å². The highest BCUT2D eigenvalue weighted by molar-refractivity contribution is 6.09. The topological polar surface area (TPSA) is 82.5 Å². The SMILES string of the molecule is CCc1ccc(-n2nc(C)c3c2NC(=O)CC3C(=O)c2cc(OC)ccc2OC)cc1. The van der Waals surface area contributed by atoms with Crippen LogP contribution in [0.15, 0.2) is 42.5 Å². The second kappa shape index (κ2) is 8.26. The van der Waals surface area contributed by atoms with Crippen molar-refractivity contribution in [3.8, 4) is 17.2 Å². The molecule has 1 atom stereocenters. The number of aryl methyl sites for hydroxylation is 2. The molecule has 1 unspecified atom stereocenters. The Kier molecular flexibility index (Phi) is 5.50. The van der Waals surface area contributed by atoms with E-state index in [0.717, 1.165) is 17.7 Å². The van der Waals surface area contributed by atoms with Crippen LogP contribution in [0.4, 0.5) is 5.82 Å². The summed E-state index contributed by atoms with van der Waals surface area (Å²) >= 11 is 0. The van der Waals surface area contributed by atoms with E-state index in [4.69, 9.17) is 9.47 Å². The molecule has 0 bridgehead atoms. The Morgan fingerprint density at radius 1 is 1.16 bits per heavy atom. The van der Waals surface area contributed by atoms with Gasteiger partial charge in [0.25, 0.3) is 0 Å². The second-order valence-electron chi connectivity index (χ2n) is 7.51. The van der Waals surface area contributed by atoms with Crippen LogP contribution in [0.2, 0.25) is 0 Å². The number of benzene rings is 2. The minimum absolute atomic E-state index is 0.0491. The van der Waals surface area contributed by atoms with Crippen molar-refractivity contribution in [3.63, 3.8) is 0 Å². The van der Waals surface area contributed by atoms with Crippen LogP contribution < -0.4 is 14.8 Å². The molecule has 1 aliphatic heterocycles. The molecule has 1 aromatic heterocycles. The van der Waals surface area contributed by atoms with Crippen LogP contribution in [0.5, 0.6) is 11.5 Å². The molecule has 1 aliphatic rings. The fourth-order valence-electron chi connectivity index (χ4n) is 4.03. The number of aromatic nitrogens is 2. The molecule has 0 aliphatic carbocycles. The number of carbonyl (C=O) groups excluding carboxylic acids is 2. The van der Waals surface area contributed by atoms with E-state index in [1.54, 1.807) is 30.0 Å². The lowest BCUT2D eigenvalue weighted by Gasteiger charge is -2.24. The lowest BCUT2D eigenvalue weighted by Crippen LogP contribution is -2.28. The van der Waals surface area contributed by atoms with Gasteiger partial charge in [0.05, 0.1) is 37.1 Å². The van der Waals surface area contributed by atoms with Crippen molar-refractivity contribution in [3.05, 3.63) is 64.8 Å². The largest absolute Gasteiger partial charge is 0.497 e. The summed E-state index contributed by atoms with van der Waals surface area (Å²) in [4.78, 5) is 26.2. The standard InChI is InChI=1S/C24H25N3O4/c1-5-15-6-8-16(9-7-15)27-24-22(14(2)26-27)19(13-21(28)25-24)23(29)18-12-17(30-3)10-11-20(18)31-4/h6-12,19H,5,13H2,1-4H3,(H,25,28). The maximum Gasteiger partial charge on any atom is 0.226 e. The molecule has 0 saturated carbocycles. The Bertz CT molecular complexity index is 1150. The van der Waals surface area contributed by atoms with Crippen molar-refractivity contribution >= 4 is 17.5 Å². The first-order valence-electron chi connectivity index (χ1n) is 10.2. The highest BCUT2D eigenvalue weighted by Crippen LogP contribution is 2.40. The van der Waals surface area contributed by atoms with E-state index < -0.39 is 5.92 Å². The number of hydrogen-bond donors (Lipinski definition) is 1. The third-order valence-corrected chi connectivity index (χ3v) is 5.68. The molecule has 3 aromatic rings. The molecule has 7 nitrogen and oxygen atoms in total.